The third-order valence-corrected chi connectivity index (χ3v) is 2.02. The third-order valence-electron chi connectivity index (χ3n) is 2.02. The second-order valence-electron chi connectivity index (χ2n) is 3.08. The molecular formula is C9H12O5. The predicted molar refractivity (Wildman–Crippen MR) is 45.3 cm³/mol. The van der Waals surface area contributed by atoms with Gasteiger partial charge in [0.2, 0.25) is 0 Å². The highest BCUT2D eigenvalue weighted by Gasteiger charge is 2.42. The first-order valence-corrected chi connectivity index (χ1v) is 4.43. The number of cyclic esters (lactones) is 1. The highest BCUT2D eigenvalue weighted by atomic mass is 16.6. The molecule has 0 saturated carbocycles. The lowest BCUT2D eigenvalue weighted by Crippen LogP contribution is -2.21. The summed E-state index contributed by atoms with van der Waals surface area (Å²) in [5.41, 5.74) is 0. The molecule has 0 unspecified atom stereocenters. The van der Waals surface area contributed by atoms with Gasteiger partial charge in [0.25, 0.3) is 0 Å². The average molecular weight is 200 g/mol. The van der Waals surface area contributed by atoms with E-state index in [2.05, 4.69) is 4.74 Å². The van der Waals surface area contributed by atoms with E-state index in [-0.39, 0.29) is 18.8 Å². The molecule has 0 bridgehead atoms. The van der Waals surface area contributed by atoms with Gasteiger partial charge in [-0.1, -0.05) is 0 Å². The van der Waals surface area contributed by atoms with E-state index in [9.17, 15) is 14.4 Å². The fraction of sp³-hybridized carbons (Fsp3) is 0.667. The number of esters is 2. The molecule has 0 aliphatic carbocycles. The predicted octanol–water partition coefficient (Wildman–Crippen LogP) is 0.0702. The van der Waals surface area contributed by atoms with Crippen LogP contribution in [-0.2, 0) is 23.9 Å². The van der Waals surface area contributed by atoms with Crippen LogP contribution in [0.5, 0.6) is 0 Å². The van der Waals surface area contributed by atoms with Crippen molar-refractivity contribution in [1.29, 1.82) is 0 Å². The second-order valence-corrected chi connectivity index (χ2v) is 3.08. The fourth-order valence-corrected chi connectivity index (χ4v) is 1.27. The Kier molecular flexibility index (Phi) is 3.22. The molecule has 1 saturated heterocycles. The van der Waals surface area contributed by atoms with Gasteiger partial charge in [-0.3, -0.25) is 14.4 Å². The Hall–Kier alpha value is -1.39. The Morgan fingerprint density at radius 2 is 2.21 bits per heavy atom. The van der Waals surface area contributed by atoms with E-state index in [1.165, 1.54) is 6.92 Å². The van der Waals surface area contributed by atoms with Gasteiger partial charge in [-0.2, -0.15) is 0 Å². The highest BCUT2D eigenvalue weighted by molar-refractivity contribution is 5.99. The number of carbonyl (C=O) groups is 3. The minimum absolute atomic E-state index is 0.104. The molecule has 0 radical (unpaired) electrons. The van der Waals surface area contributed by atoms with Crippen molar-refractivity contribution in [2.45, 2.75) is 26.4 Å². The zero-order valence-corrected chi connectivity index (χ0v) is 8.11. The number of ketones is 1. The van der Waals surface area contributed by atoms with Gasteiger partial charge in [0.1, 0.15) is 0 Å². The molecule has 0 aromatic heterocycles. The molecule has 1 aliphatic rings. The SMILES string of the molecule is CCOC(=O)[C@H]1C[C@@H](C(C)=O)OC1=O. The van der Waals surface area contributed by atoms with Crippen molar-refractivity contribution >= 4 is 17.7 Å². The molecule has 1 heterocycles. The molecule has 2 atom stereocenters. The summed E-state index contributed by atoms with van der Waals surface area (Å²) < 4.78 is 9.39. The van der Waals surface area contributed by atoms with Crippen molar-refractivity contribution in [1.82, 2.24) is 0 Å². The summed E-state index contributed by atoms with van der Waals surface area (Å²) in [7, 11) is 0. The minimum atomic E-state index is -0.927. The molecule has 14 heavy (non-hydrogen) atoms. The maximum Gasteiger partial charge on any atom is 0.321 e. The summed E-state index contributed by atoms with van der Waals surface area (Å²) in [6, 6.07) is 0. The lowest BCUT2D eigenvalue weighted by atomic mass is 10.0. The van der Waals surface area contributed by atoms with Crippen molar-refractivity contribution in [3.63, 3.8) is 0 Å². The van der Waals surface area contributed by atoms with Gasteiger partial charge < -0.3 is 9.47 Å². The van der Waals surface area contributed by atoms with E-state index in [0.29, 0.717) is 0 Å². The molecule has 1 rings (SSSR count). The first-order valence-electron chi connectivity index (χ1n) is 4.43. The van der Waals surface area contributed by atoms with Crippen LogP contribution < -0.4 is 0 Å². The van der Waals surface area contributed by atoms with Crippen LogP contribution >= 0.6 is 0 Å². The van der Waals surface area contributed by atoms with E-state index < -0.39 is 24.0 Å². The number of rotatable bonds is 3. The normalized spacial score (nSPS) is 25.7. The van der Waals surface area contributed by atoms with Crippen molar-refractivity contribution in [3.05, 3.63) is 0 Å². The number of ether oxygens (including phenoxy) is 2. The average Bonchev–Trinajstić information content (AvgIpc) is 2.48. The van der Waals surface area contributed by atoms with Crippen LogP contribution in [0.2, 0.25) is 0 Å². The van der Waals surface area contributed by atoms with Crippen LogP contribution in [-0.4, -0.2) is 30.4 Å². The van der Waals surface area contributed by atoms with Gasteiger partial charge in [-0.15, -0.1) is 0 Å². The molecule has 5 nitrogen and oxygen atoms in total. The van der Waals surface area contributed by atoms with E-state index >= 15 is 0 Å². The molecule has 0 aromatic carbocycles. The number of hydrogen-bond donors (Lipinski definition) is 0. The maximum atomic E-state index is 11.2. The van der Waals surface area contributed by atoms with Crippen LogP contribution in [0.1, 0.15) is 20.3 Å². The van der Waals surface area contributed by atoms with E-state index in [0.717, 1.165) is 0 Å². The summed E-state index contributed by atoms with van der Waals surface area (Å²) >= 11 is 0. The summed E-state index contributed by atoms with van der Waals surface area (Å²) in [5, 5.41) is 0. The van der Waals surface area contributed by atoms with Crippen LogP contribution in [0.3, 0.4) is 0 Å². The smallest absolute Gasteiger partial charge is 0.321 e. The molecule has 1 fully saturated rings. The van der Waals surface area contributed by atoms with Crippen molar-refractivity contribution < 1.29 is 23.9 Å². The highest BCUT2D eigenvalue weighted by Crippen LogP contribution is 2.22. The lowest BCUT2D eigenvalue weighted by molar-refractivity contribution is -0.157. The molecular weight excluding hydrogens is 188 g/mol. The Morgan fingerprint density at radius 3 is 2.64 bits per heavy atom. The first kappa shape index (κ1) is 10.7. The van der Waals surface area contributed by atoms with Crippen LogP contribution in [0.25, 0.3) is 0 Å². The largest absolute Gasteiger partial charge is 0.465 e. The van der Waals surface area contributed by atoms with Gasteiger partial charge in [0.15, 0.2) is 17.8 Å². The molecule has 0 amide bonds. The molecule has 1 aliphatic heterocycles. The Bertz CT molecular complexity index is 270. The fourth-order valence-electron chi connectivity index (χ4n) is 1.27. The Balaban J connectivity index is 2.61. The number of carbonyl (C=O) groups excluding carboxylic acids is 3. The summed E-state index contributed by atoms with van der Waals surface area (Å²) in [6.07, 6.45) is -0.676. The topological polar surface area (TPSA) is 69.7 Å². The van der Waals surface area contributed by atoms with E-state index in [4.69, 9.17) is 4.74 Å². The van der Waals surface area contributed by atoms with Crippen LogP contribution in [0, 0.1) is 5.92 Å². The molecule has 5 heteroatoms. The number of Topliss-reactive ketones (excluding diaryl/α,β-unsaturated/α-hetero) is 1. The van der Waals surface area contributed by atoms with Crippen LogP contribution in [0.15, 0.2) is 0 Å². The van der Waals surface area contributed by atoms with Gasteiger partial charge in [-0.05, 0) is 13.8 Å². The van der Waals surface area contributed by atoms with Gasteiger partial charge in [0.05, 0.1) is 6.61 Å². The number of hydrogen-bond acceptors (Lipinski definition) is 5. The first-order chi connectivity index (χ1) is 6.56. The summed E-state index contributed by atoms with van der Waals surface area (Å²) in [5.74, 6) is -2.45. The zero-order valence-electron chi connectivity index (χ0n) is 8.11. The van der Waals surface area contributed by atoms with Crippen molar-refractivity contribution in [3.8, 4) is 0 Å². The quantitative estimate of drug-likeness (QED) is 0.476. The zero-order chi connectivity index (χ0) is 10.7. The van der Waals surface area contributed by atoms with Crippen molar-refractivity contribution in [2.75, 3.05) is 6.61 Å². The summed E-state index contributed by atoms with van der Waals surface area (Å²) in [6.45, 7) is 3.19. The maximum absolute atomic E-state index is 11.2. The molecule has 0 aromatic rings. The second kappa shape index (κ2) is 4.21. The Morgan fingerprint density at radius 1 is 1.57 bits per heavy atom. The minimum Gasteiger partial charge on any atom is -0.465 e. The summed E-state index contributed by atoms with van der Waals surface area (Å²) in [4.78, 5) is 33.2. The van der Waals surface area contributed by atoms with Crippen LogP contribution in [0.4, 0.5) is 0 Å². The van der Waals surface area contributed by atoms with Gasteiger partial charge in [-0.25, -0.2) is 0 Å². The van der Waals surface area contributed by atoms with Crippen molar-refractivity contribution in [2.24, 2.45) is 5.92 Å². The lowest BCUT2D eigenvalue weighted by Gasteiger charge is -2.03. The van der Waals surface area contributed by atoms with E-state index in [1.807, 2.05) is 0 Å². The monoisotopic (exact) mass is 200 g/mol. The standard InChI is InChI=1S/C9H12O5/c1-3-13-8(11)6-4-7(5(2)10)14-9(6)12/h6-7H,3-4H2,1-2H3/t6-,7+/m1/s1. The molecule has 0 spiro atoms. The Labute approximate surface area is 81.4 Å². The molecule has 0 N–H and O–H groups in total. The third kappa shape index (κ3) is 2.10. The van der Waals surface area contributed by atoms with E-state index in [1.54, 1.807) is 6.92 Å². The van der Waals surface area contributed by atoms with Gasteiger partial charge >= 0.3 is 11.9 Å². The van der Waals surface area contributed by atoms with Gasteiger partial charge in [0, 0.05) is 6.42 Å². The molecule has 78 valence electrons.